The minimum Gasteiger partial charge on any atom is -0.254 e. The van der Waals surface area contributed by atoms with E-state index in [4.69, 9.17) is 9.97 Å². The topological polar surface area (TPSA) is 38.7 Å². The second-order valence-electron chi connectivity index (χ2n) is 12.4. The molecule has 0 saturated heterocycles. The van der Waals surface area contributed by atoms with Crippen molar-refractivity contribution in [2.24, 2.45) is 0 Å². The number of aromatic nitrogens is 3. The molecule has 0 N–H and O–H groups in total. The summed E-state index contributed by atoms with van der Waals surface area (Å²) < 4.78 is 0. The molecule has 0 aliphatic carbocycles. The van der Waals surface area contributed by atoms with E-state index in [9.17, 15) is 0 Å². The molecule has 0 radical (unpaired) electrons. The maximum absolute atomic E-state index is 5.32. The van der Waals surface area contributed by atoms with Gasteiger partial charge in [0.2, 0.25) is 0 Å². The third-order valence-corrected chi connectivity index (χ3v) is 9.66. The highest BCUT2D eigenvalue weighted by Gasteiger charge is 2.17. The highest BCUT2D eigenvalue weighted by Crippen LogP contribution is 2.43. The number of hydrogen-bond acceptors (Lipinski definition) is 3. The SMILES string of the molecule is c1cc(-c2ccc(-c3nc4ccccc4c4c5ccccc5c5ccccc5c34)cc2)cc(-c2ccc3ccc4cccnc4c3n2)c1. The molecule has 10 rings (SSSR count). The molecule has 7 aromatic carbocycles. The van der Waals surface area contributed by atoms with Crippen molar-refractivity contribution in [1.82, 2.24) is 15.0 Å². The van der Waals surface area contributed by atoms with E-state index >= 15 is 0 Å². The molecule has 0 saturated carbocycles. The van der Waals surface area contributed by atoms with Gasteiger partial charge in [0.05, 0.1) is 27.9 Å². The third-order valence-electron chi connectivity index (χ3n) is 9.66. The Hall–Kier alpha value is -6.45. The second-order valence-corrected chi connectivity index (χ2v) is 12.4. The van der Waals surface area contributed by atoms with Crippen LogP contribution in [-0.2, 0) is 0 Å². The molecule has 0 atom stereocenters. The summed E-state index contributed by atoms with van der Waals surface area (Å²) in [5.41, 5.74) is 9.27. The van der Waals surface area contributed by atoms with Gasteiger partial charge in [-0.1, -0.05) is 133 Å². The van der Waals surface area contributed by atoms with Crippen molar-refractivity contribution in [1.29, 1.82) is 0 Å². The van der Waals surface area contributed by atoms with Gasteiger partial charge in [0.1, 0.15) is 0 Å². The van der Waals surface area contributed by atoms with Crippen molar-refractivity contribution in [2.45, 2.75) is 0 Å². The number of rotatable bonds is 3. The van der Waals surface area contributed by atoms with Gasteiger partial charge in [0.25, 0.3) is 0 Å². The molecule has 222 valence electrons. The standard InChI is InChI=1S/C45H27N3/c1-3-14-36-34(12-1)35-13-2-4-15-37(35)42-41(36)38-16-5-6-17-40(38)48-43(42)30-20-18-28(19-21-30)32-9-7-10-33(27-32)39-25-24-31-23-22-29-11-8-26-46-44(29)45(31)47-39/h1-27H. The zero-order valence-electron chi connectivity index (χ0n) is 25.9. The van der Waals surface area contributed by atoms with Crippen LogP contribution in [0.3, 0.4) is 0 Å². The highest BCUT2D eigenvalue weighted by molar-refractivity contribution is 6.33. The van der Waals surface area contributed by atoms with E-state index in [-0.39, 0.29) is 0 Å². The first-order valence-corrected chi connectivity index (χ1v) is 16.3. The Labute approximate surface area is 276 Å². The molecule has 0 fully saturated rings. The van der Waals surface area contributed by atoms with E-state index in [0.717, 1.165) is 61.0 Å². The van der Waals surface area contributed by atoms with Crippen LogP contribution < -0.4 is 0 Å². The molecular weight excluding hydrogens is 583 g/mol. The maximum atomic E-state index is 5.32. The molecule has 0 unspecified atom stereocenters. The van der Waals surface area contributed by atoms with Gasteiger partial charge in [-0.05, 0) is 56.9 Å². The Balaban J connectivity index is 1.12. The number of para-hydroxylation sites is 1. The van der Waals surface area contributed by atoms with Crippen LogP contribution in [-0.4, -0.2) is 15.0 Å². The molecule has 3 heterocycles. The van der Waals surface area contributed by atoms with Crippen LogP contribution in [0.1, 0.15) is 0 Å². The van der Waals surface area contributed by atoms with E-state index in [1.165, 1.54) is 37.7 Å². The summed E-state index contributed by atoms with van der Waals surface area (Å²) in [4.78, 5) is 15.1. The van der Waals surface area contributed by atoms with Crippen molar-refractivity contribution in [3.05, 3.63) is 164 Å². The fourth-order valence-electron chi connectivity index (χ4n) is 7.40. The number of hydrogen-bond donors (Lipinski definition) is 0. The highest BCUT2D eigenvalue weighted by atomic mass is 14.8. The number of nitrogens with zero attached hydrogens (tertiary/aromatic N) is 3. The molecule has 0 spiro atoms. The molecule has 0 amide bonds. The predicted octanol–water partition coefficient (Wildman–Crippen LogP) is 11.8. The lowest BCUT2D eigenvalue weighted by atomic mass is 9.89. The van der Waals surface area contributed by atoms with E-state index in [1.54, 1.807) is 0 Å². The van der Waals surface area contributed by atoms with E-state index in [2.05, 4.69) is 157 Å². The lowest BCUT2D eigenvalue weighted by molar-refractivity contribution is 1.37. The van der Waals surface area contributed by atoms with Gasteiger partial charge >= 0.3 is 0 Å². The zero-order valence-corrected chi connectivity index (χ0v) is 25.9. The van der Waals surface area contributed by atoms with Crippen LogP contribution in [0.2, 0.25) is 0 Å². The summed E-state index contributed by atoms with van der Waals surface area (Å²) in [6.07, 6.45) is 1.83. The lowest BCUT2D eigenvalue weighted by Crippen LogP contribution is -1.93. The molecule has 0 bridgehead atoms. The molecule has 3 nitrogen and oxygen atoms in total. The monoisotopic (exact) mass is 609 g/mol. The van der Waals surface area contributed by atoms with Gasteiger partial charge in [0.15, 0.2) is 0 Å². The summed E-state index contributed by atoms with van der Waals surface area (Å²) in [6, 6.07) is 56.0. The Morgan fingerprint density at radius 1 is 0.354 bits per heavy atom. The summed E-state index contributed by atoms with van der Waals surface area (Å²) in [5.74, 6) is 0. The minimum atomic E-state index is 0.927. The average molecular weight is 610 g/mol. The summed E-state index contributed by atoms with van der Waals surface area (Å²) in [7, 11) is 0. The number of pyridine rings is 3. The Kier molecular flexibility index (Phi) is 5.87. The van der Waals surface area contributed by atoms with Crippen LogP contribution in [0.4, 0.5) is 0 Å². The van der Waals surface area contributed by atoms with Crippen molar-refractivity contribution in [2.75, 3.05) is 0 Å². The summed E-state index contributed by atoms with van der Waals surface area (Å²) in [5, 5.41) is 10.8. The van der Waals surface area contributed by atoms with Gasteiger partial charge in [-0.25, -0.2) is 9.97 Å². The lowest BCUT2D eigenvalue weighted by Gasteiger charge is -2.16. The first-order valence-electron chi connectivity index (χ1n) is 16.3. The van der Waals surface area contributed by atoms with Gasteiger partial charge < -0.3 is 0 Å². The van der Waals surface area contributed by atoms with E-state index in [1.807, 2.05) is 12.3 Å². The smallest absolute Gasteiger partial charge is 0.0972 e. The maximum Gasteiger partial charge on any atom is 0.0972 e. The zero-order chi connectivity index (χ0) is 31.6. The largest absolute Gasteiger partial charge is 0.254 e. The van der Waals surface area contributed by atoms with Crippen molar-refractivity contribution < 1.29 is 0 Å². The summed E-state index contributed by atoms with van der Waals surface area (Å²) >= 11 is 0. The van der Waals surface area contributed by atoms with Crippen molar-refractivity contribution in [3.8, 4) is 33.6 Å². The van der Waals surface area contributed by atoms with Crippen molar-refractivity contribution >= 4 is 65.0 Å². The molecule has 0 aliphatic heterocycles. The van der Waals surface area contributed by atoms with Gasteiger partial charge in [-0.3, -0.25) is 4.98 Å². The van der Waals surface area contributed by atoms with Crippen LogP contribution >= 0.6 is 0 Å². The minimum absolute atomic E-state index is 0.927. The van der Waals surface area contributed by atoms with Crippen LogP contribution in [0.15, 0.2) is 164 Å². The van der Waals surface area contributed by atoms with Gasteiger partial charge in [0, 0.05) is 44.3 Å². The average Bonchev–Trinajstić information content (AvgIpc) is 3.17. The van der Waals surface area contributed by atoms with Gasteiger partial charge in [-0.15, -0.1) is 0 Å². The molecule has 48 heavy (non-hydrogen) atoms. The summed E-state index contributed by atoms with van der Waals surface area (Å²) in [6.45, 7) is 0. The van der Waals surface area contributed by atoms with Crippen LogP contribution in [0, 0.1) is 0 Å². The van der Waals surface area contributed by atoms with Crippen LogP contribution in [0.25, 0.3) is 98.7 Å². The fraction of sp³-hybridized carbons (Fsp3) is 0. The Morgan fingerprint density at radius 3 is 1.77 bits per heavy atom. The van der Waals surface area contributed by atoms with Crippen LogP contribution in [0.5, 0.6) is 0 Å². The Bertz CT molecular complexity index is 2890. The van der Waals surface area contributed by atoms with Crippen molar-refractivity contribution in [3.63, 3.8) is 0 Å². The number of benzene rings is 7. The quantitative estimate of drug-likeness (QED) is 0.187. The van der Waals surface area contributed by atoms with E-state index in [0.29, 0.717) is 0 Å². The molecule has 10 aromatic rings. The van der Waals surface area contributed by atoms with E-state index < -0.39 is 0 Å². The predicted molar refractivity (Wildman–Crippen MR) is 201 cm³/mol. The Morgan fingerprint density at radius 2 is 0.979 bits per heavy atom. The molecule has 3 aromatic heterocycles. The fourth-order valence-corrected chi connectivity index (χ4v) is 7.40. The second kappa shape index (κ2) is 10.5. The first kappa shape index (κ1) is 26.7. The first-order chi connectivity index (χ1) is 23.8. The normalized spacial score (nSPS) is 11.8. The number of fused-ring (bicyclic) bond motifs is 11. The van der Waals surface area contributed by atoms with Gasteiger partial charge in [-0.2, -0.15) is 0 Å². The molecular formula is C45H27N3. The third kappa shape index (κ3) is 4.11. The molecule has 0 aliphatic rings. The molecule has 3 heteroatoms.